The Kier molecular flexibility index (Phi) is 6.24. The monoisotopic (exact) mass is 430 g/mol. The van der Waals surface area contributed by atoms with Gasteiger partial charge in [0.1, 0.15) is 11.2 Å². The topological polar surface area (TPSA) is 43.2 Å². The number of aliphatic imine (C=N–C) groups is 2. The van der Waals surface area contributed by atoms with Crippen molar-refractivity contribution in [3.8, 4) is 0 Å². The van der Waals surface area contributed by atoms with Crippen LogP contribution in [0, 0.1) is 10.8 Å². The number of hydrogen-bond donors (Lipinski definition) is 0. The Morgan fingerprint density at radius 3 is 1.23 bits per heavy atom. The van der Waals surface area contributed by atoms with E-state index in [9.17, 15) is 0 Å². The van der Waals surface area contributed by atoms with E-state index in [-0.39, 0.29) is 34.1 Å². The molecule has 0 unspecified atom stereocenters. The molecule has 4 nitrogen and oxygen atoms in total. The third kappa shape index (κ3) is 4.69. The zero-order valence-corrected chi connectivity index (χ0v) is 21.1. The molecule has 2 atom stereocenters. The van der Waals surface area contributed by atoms with Gasteiger partial charge in [0.15, 0.2) is 11.8 Å². The van der Waals surface area contributed by atoms with Crippen molar-refractivity contribution in [2.45, 2.75) is 148 Å². The maximum atomic E-state index is 6.78. The smallest absolute Gasteiger partial charge is 0.193 e. The van der Waals surface area contributed by atoms with Gasteiger partial charge in [0.05, 0.1) is 18.5 Å². The molecule has 0 amide bonds. The van der Waals surface area contributed by atoms with Crippen molar-refractivity contribution >= 4 is 11.8 Å². The molecule has 0 aromatic carbocycles. The Bertz CT molecular complexity index is 634. The van der Waals surface area contributed by atoms with Gasteiger partial charge in [0.25, 0.3) is 0 Å². The van der Waals surface area contributed by atoms with Crippen LogP contribution >= 0.6 is 0 Å². The Balaban J connectivity index is 1.56. The highest BCUT2D eigenvalue weighted by molar-refractivity contribution is 5.99. The summed E-state index contributed by atoms with van der Waals surface area (Å²) in [5.74, 6) is 1.75. The quantitative estimate of drug-likeness (QED) is 0.463. The van der Waals surface area contributed by atoms with Gasteiger partial charge in [-0.05, 0) is 62.2 Å². The Hall–Kier alpha value is -1.06. The molecule has 4 aliphatic rings. The molecule has 4 heteroatoms. The summed E-state index contributed by atoms with van der Waals surface area (Å²) in [6, 6.07) is 0.445. The van der Waals surface area contributed by atoms with Crippen LogP contribution in [-0.4, -0.2) is 35.1 Å². The first-order valence-electron chi connectivity index (χ1n) is 13.1. The second-order valence-corrected chi connectivity index (χ2v) is 12.9. The van der Waals surface area contributed by atoms with Crippen LogP contribution in [0.2, 0.25) is 0 Å². The molecule has 2 heterocycles. The average molecular weight is 431 g/mol. The van der Waals surface area contributed by atoms with E-state index in [2.05, 4.69) is 41.5 Å². The molecule has 2 aliphatic carbocycles. The summed E-state index contributed by atoms with van der Waals surface area (Å²) < 4.78 is 13.6. The van der Waals surface area contributed by atoms with Gasteiger partial charge in [-0.3, -0.25) is 0 Å². The van der Waals surface area contributed by atoms with Gasteiger partial charge < -0.3 is 9.47 Å². The number of nitrogens with zero attached hydrogens (tertiary/aromatic N) is 2. The summed E-state index contributed by atoms with van der Waals surface area (Å²) in [4.78, 5) is 10.4. The lowest BCUT2D eigenvalue weighted by molar-refractivity contribution is 0.000926. The minimum Gasteiger partial charge on any atom is -0.472 e. The molecule has 2 fully saturated rings. The summed E-state index contributed by atoms with van der Waals surface area (Å²) in [6.07, 6.45) is 15.4. The summed E-state index contributed by atoms with van der Waals surface area (Å²) in [6.45, 7) is 13.9. The fourth-order valence-electron chi connectivity index (χ4n) is 6.82. The molecule has 0 saturated heterocycles. The predicted molar refractivity (Wildman–Crippen MR) is 129 cm³/mol. The molecule has 0 N–H and O–H groups in total. The zero-order valence-electron chi connectivity index (χ0n) is 21.1. The van der Waals surface area contributed by atoms with E-state index in [1.165, 1.54) is 51.4 Å². The van der Waals surface area contributed by atoms with Crippen LogP contribution in [0.1, 0.15) is 125 Å². The Morgan fingerprint density at radius 1 is 0.613 bits per heavy atom. The molecule has 2 aliphatic heterocycles. The standard InChI is InChI=1S/C27H46N2O2/c1-24(2,3)22-26(15-11-7-8-12-16-26)30-20(28-22)19-21-29-23(25(4,5)6)27(31-21)17-13-9-10-14-18-27/h22-23H,7-19H2,1-6H3/t22-,23-/m0/s1. The van der Waals surface area contributed by atoms with Gasteiger partial charge in [0.2, 0.25) is 0 Å². The van der Waals surface area contributed by atoms with Gasteiger partial charge in [0, 0.05) is 0 Å². The summed E-state index contributed by atoms with van der Waals surface area (Å²) in [5.41, 5.74) is -0.0405. The fourth-order valence-corrected chi connectivity index (χ4v) is 6.82. The molecule has 0 radical (unpaired) electrons. The van der Waals surface area contributed by atoms with E-state index in [4.69, 9.17) is 19.5 Å². The number of hydrogen-bond acceptors (Lipinski definition) is 4. The van der Waals surface area contributed by atoms with E-state index in [1.807, 2.05) is 0 Å². The lowest BCUT2D eigenvalue weighted by Crippen LogP contribution is -2.47. The molecular formula is C27H46N2O2. The molecule has 2 spiro atoms. The van der Waals surface area contributed by atoms with E-state index in [1.54, 1.807) is 0 Å². The highest BCUT2D eigenvalue weighted by atomic mass is 16.5. The van der Waals surface area contributed by atoms with Gasteiger partial charge in [-0.25, -0.2) is 9.98 Å². The lowest BCUT2D eigenvalue weighted by Gasteiger charge is -2.39. The molecule has 0 aromatic heterocycles. The van der Waals surface area contributed by atoms with Crippen molar-refractivity contribution in [2.75, 3.05) is 0 Å². The maximum Gasteiger partial charge on any atom is 0.193 e. The molecule has 2 saturated carbocycles. The SMILES string of the molecule is CC(C)(C)[C@@H]1N=C(CC2=N[C@@H](C(C)(C)C)C3(CCCCCC3)O2)OC12CCCCCC2. The van der Waals surface area contributed by atoms with Gasteiger partial charge in [-0.1, -0.05) is 67.2 Å². The first-order valence-corrected chi connectivity index (χ1v) is 13.1. The third-order valence-corrected chi connectivity index (χ3v) is 8.03. The van der Waals surface area contributed by atoms with Crippen molar-refractivity contribution in [1.29, 1.82) is 0 Å². The Morgan fingerprint density at radius 2 is 0.935 bits per heavy atom. The van der Waals surface area contributed by atoms with E-state index in [0.29, 0.717) is 6.42 Å². The highest BCUT2D eigenvalue weighted by Crippen LogP contribution is 2.48. The maximum absolute atomic E-state index is 6.78. The zero-order chi connectivity index (χ0) is 22.3. The summed E-state index contributed by atoms with van der Waals surface area (Å²) in [5, 5.41) is 0. The minimum absolute atomic E-state index is 0.0981. The van der Waals surface area contributed by atoms with Crippen LogP contribution in [0.3, 0.4) is 0 Å². The van der Waals surface area contributed by atoms with E-state index >= 15 is 0 Å². The normalized spacial score (nSPS) is 30.9. The summed E-state index contributed by atoms with van der Waals surface area (Å²) >= 11 is 0. The molecule has 31 heavy (non-hydrogen) atoms. The van der Waals surface area contributed by atoms with Crippen molar-refractivity contribution in [3.63, 3.8) is 0 Å². The first kappa shape index (κ1) is 23.1. The summed E-state index contributed by atoms with van der Waals surface area (Å²) in [7, 11) is 0. The van der Waals surface area contributed by atoms with Gasteiger partial charge in [-0.2, -0.15) is 0 Å². The van der Waals surface area contributed by atoms with Crippen LogP contribution in [0.5, 0.6) is 0 Å². The average Bonchev–Trinajstić information content (AvgIpc) is 2.97. The largest absolute Gasteiger partial charge is 0.472 e. The molecule has 0 aromatic rings. The second-order valence-electron chi connectivity index (χ2n) is 12.9. The molecule has 4 rings (SSSR count). The van der Waals surface area contributed by atoms with Gasteiger partial charge in [-0.15, -0.1) is 0 Å². The van der Waals surface area contributed by atoms with Crippen LogP contribution in [0.4, 0.5) is 0 Å². The van der Waals surface area contributed by atoms with Crippen LogP contribution in [0.25, 0.3) is 0 Å². The van der Waals surface area contributed by atoms with Crippen molar-refractivity contribution in [1.82, 2.24) is 0 Å². The van der Waals surface area contributed by atoms with Crippen molar-refractivity contribution in [2.24, 2.45) is 20.8 Å². The molecule has 176 valence electrons. The third-order valence-electron chi connectivity index (χ3n) is 8.03. The molecule has 0 bridgehead atoms. The lowest BCUT2D eigenvalue weighted by atomic mass is 9.73. The van der Waals surface area contributed by atoms with Crippen LogP contribution in [0.15, 0.2) is 9.98 Å². The minimum atomic E-state index is -0.118. The number of ether oxygens (including phenoxy) is 2. The second kappa shape index (κ2) is 8.37. The first-order chi connectivity index (χ1) is 14.5. The van der Waals surface area contributed by atoms with Crippen LogP contribution < -0.4 is 0 Å². The number of rotatable bonds is 2. The van der Waals surface area contributed by atoms with Crippen LogP contribution in [-0.2, 0) is 9.47 Å². The fraction of sp³-hybridized carbons (Fsp3) is 0.926. The Labute approximate surface area is 190 Å². The molecular weight excluding hydrogens is 384 g/mol. The predicted octanol–water partition coefficient (Wildman–Crippen LogP) is 7.25. The van der Waals surface area contributed by atoms with E-state index < -0.39 is 0 Å². The van der Waals surface area contributed by atoms with Crippen molar-refractivity contribution in [3.05, 3.63) is 0 Å². The van der Waals surface area contributed by atoms with Crippen molar-refractivity contribution < 1.29 is 9.47 Å². The van der Waals surface area contributed by atoms with Gasteiger partial charge >= 0.3 is 0 Å². The van der Waals surface area contributed by atoms with E-state index in [0.717, 1.165) is 37.5 Å². The highest BCUT2D eigenvalue weighted by Gasteiger charge is 2.54.